The number of hydrogen-bond acceptors (Lipinski definition) is 2. The van der Waals surface area contributed by atoms with Gasteiger partial charge in [-0.15, -0.1) is 0 Å². The molecule has 1 rings (SSSR count). The second kappa shape index (κ2) is 2.47. The first kappa shape index (κ1) is 7.95. The first-order valence-corrected chi connectivity index (χ1v) is 3.56. The normalized spacial score (nSPS) is 22.8. The van der Waals surface area contributed by atoms with Gasteiger partial charge in [0.05, 0.1) is 5.60 Å². The number of halogens is 1. The molecule has 0 aromatic heterocycles. The van der Waals surface area contributed by atoms with Crippen LogP contribution in [0.5, 0.6) is 0 Å². The van der Waals surface area contributed by atoms with Crippen molar-refractivity contribution < 1.29 is 9.50 Å². The SMILES string of the molecule is CC(C)(O)CN1CC(F)C1. The van der Waals surface area contributed by atoms with Crippen molar-refractivity contribution in [3.8, 4) is 0 Å². The second-order valence-electron chi connectivity index (χ2n) is 3.60. The fraction of sp³-hybridized carbons (Fsp3) is 1.00. The summed E-state index contributed by atoms with van der Waals surface area (Å²) in [6.45, 7) is 5.03. The van der Waals surface area contributed by atoms with Gasteiger partial charge >= 0.3 is 0 Å². The number of β-amino-alcohol motifs (C(OH)–C–C–N with tert-alkyl or cyclic N) is 1. The van der Waals surface area contributed by atoms with Crippen molar-refractivity contribution >= 4 is 0 Å². The van der Waals surface area contributed by atoms with Crippen molar-refractivity contribution in [1.82, 2.24) is 4.90 Å². The van der Waals surface area contributed by atoms with Gasteiger partial charge in [0.25, 0.3) is 0 Å². The van der Waals surface area contributed by atoms with Gasteiger partial charge in [0, 0.05) is 19.6 Å². The Hall–Kier alpha value is -0.150. The summed E-state index contributed by atoms with van der Waals surface area (Å²) in [5.74, 6) is 0. The molecule has 1 aliphatic heterocycles. The van der Waals surface area contributed by atoms with Crippen molar-refractivity contribution in [2.75, 3.05) is 19.6 Å². The number of nitrogens with zero attached hydrogens (tertiary/aromatic N) is 1. The highest BCUT2D eigenvalue weighted by atomic mass is 19.1. The molecule has 1 N–H and O–H groups in total. The molecule has 1 heterocycles. The van der Waals surface area contributed by atoms with Crippen LogP contribution >= 0.6 is 0 Å². The molecule has 1 aliphatic rings. The number of rotatable bonds is 2. The lowest BCUT2D eigenvalue weighted by molar-refractivity contribution is -0.0170. The van der Waals surface area contributed by atoms with E-state index in [1.54, 1.807) is 13.8 Å². The van der Waals surface area contributed by atoms with Crippen LogP contribution in [-0.4, -0.2) is 41.4 Å². The Bertz CT molecular complexity index is 115. The lowest BCUT2D eigenvalue weighted by Gasteiger charge is -2.37. The van der Waals surface area contributed by atoms with E-state index in [0.29, 0.717) is 19.6 Å². The van der Waals surface area contributed by atoms with E-state index in [4.69, 9.17) is 0 Å². The van der Waals surface area contributed by atoms with Gasteiger partial charge in [0.15, 0.2) is 0 Å². The molecule has 1 saturated heterocycles. The minimum absolute atomic E-state index is 0.490. The van der Waals surface area contributed by atoms with Crippen LogP contribution < -0.4 is 0 Å². The van der Waals surface area contributed by atoms with Crippen molar-refractivity contribution in [1.29, 1.82) is 0 Å². The molecule has 0 saturated carbocycles. The summed E-state index contributed by atoms with van der Waals surface area (Å²) < 4.78 is 12.2. The summed E-state index contributed by atoms with van der Waals surface area (Å²) in [5, 5.41) is 9.28. The third-order valence-electron chi connectivity index (χ3n) is 1.52. The molecule has 10 heavy (non-hydrogen) atoms. The van der Waals surface area contributed by atoms with Gasteiger partial charge in [-0.05, 0) is 13.8 Å². The first-order chi connectivity index (χ1) is 4.47. The van der Waals surface area contributed by atoms with Crippen molar-refractivity contribution in [3.05, 3.63) is 0 Å². The molecule has 60 valence electrons. The number of aliphatic hydroxyl groups is 1. The van der Waals surface area contributed by atoms with Crippen molar-refractivity contribution in [3.63, 3.8) is 0 Å². The average Bonchev–Trinajstić information content (AvgIpc) is 1.57. The number of hydrogen-bond donors (Lipinski definition) is 1. The van der Waals surface area contributed by atoms with Gasteiger partial charge in [-0.2, -0.15) is 0 Å². The molecule has 0 amide bonds. The molecule has 0 atom stereocenters. The second-order valence-corrected chi connectivity index (χ2v) is 3.60. The van der Waals surface area contributed by atoms with E-state index in [1.165, 1.54) is 0 Å². The summed E-state index contributed by atoms with van der Waals surface area (Å²) in [7, 11) is 0. The summed E-state index contributed by atoms with van der Waals surface area (Å²) >= 11 is 0. The maximum absolute atomic E-state index is 12.2. The molecule has 0 aromatic carbocycles. The lowest BCUT2D eigenvalue weighted by Crippen LogP contribution is -2.53. The molecular weight excluding hydrogens is 133 g/mol. The van der Waals surface area contributed by atoms with Gasteiger partial charge in [0.1, 0.15) is 6.17 Å². The molecule has 0 aromatic rings. The minimum atomic E-state index is -0.680. The van der Waals surface area contributed by atoms with Gasteiger partial charge in [-0.25, -0.2) is 4.39 Å². The molecule has 3 heteroatoms. The molecular formula is C7H14FNO. The quantitative estimate of drug-likeness (QED) is 0.611. The van der Waals surface area contributed by atoms with Crippen LogP contribution in [0.1, 0.15) is 13.8 Å². The van der Waals surface area contributed by atoms with E-state index in [-0.39, 0.29) is 0 Å². The fourth-order valence-electron chi connectivity index (χ4n) is 1.18. The predicted octanol–water partition coefficient (Wildman–Crippen LogP) is 0.411. The Balaban J connectivity index is 2.16. The summed E-state index contributed by atoms with van der Waals surface area (Å²) in [4.78, 5) is 1.91. The largest absolute Gasteiger partial charge is 0.389 e. The Morgan fingerprint density at radius 2 is 2.10 bits per heavy atom. The highest BCUT2D eigenvalue weighted by molar-refractivity contribution is 4.83. The monoisotopic (exact) mass is 147 g/mol. The maximum Gasteiger partial charge on any atom is 0.125 e. The van der Waals surface area contributed by atoms with Crippen LogP contribution in [-0.2, 0) is 0 Å². The third kappa shape index (κ3) is 2.23. The molecule has 0 aliphatic carbocycles. The molecule has 0 bridgehead atoms. The van der Waals surface area contributed by atoms with E-state index in [0.717, 1.165) is 0 Å². The molecule has 0 radical (unpaired) electrons. The maximum atomic E-state index is 12.2. The van der Waals surface area contributed by atoms with E-state index >= 15 is 0 Å². The Labute approximate surface area is 60.6 Å². The van der Waals surface area contributed by atoms with E-state index in [2.05, 4.69) is 0 Å². The smallest absolute Gasteiger partial charge is 0.125 e. The molecule has 0 spiro atoms. The third-order valence-corrected chi connectivity index (χ3v) is 1.52. The fourth-order valence-corrected chi connectivity index (χ4v) is 1.18. The van der Waals surface area contributed by atoms with Crippen LogP contribution in [0, 0.1) is 0 Å². The van der Waals surface area contributed by atoms with Gasteiger partial charge in [-0.1, -0.05) is 0 Å². The highest BCUT2D eigenvalue weighted by Gasteiger charge is 2.29. The summed E-state index contributed by atoms with van der Waals surface area (Å²) in [5.41, 5.74) is -0.680. The van der Waals surface area contributed by atoms with Crippen LogP contribution in [0.3, 0.4) is 0 Å². The van der Waals surface area contributed by atoms with E-state index in [9.17, 15) is 9.50 Å². The Morgan fingerprint density at radius 1 is 1.60 bits per heavy atom. The number of likely N-dealkylation sites (tertiary alicyclic amines) is 1. The summed E-state index contributed by atoms with van der Waals surface area (Å²) in [6, 6.07) is 0. The first-order valence-electron chi connectivity index (χ1n) is 3.56. The topological polar surface area (TPSA) is 23.5 Å². The van der Waals surface area contributed by atoms with Gasteiger partial charge in [-0.3, -0.25) is 4.90 Å². The summed E-state index contributed by atoms with van der Waals surface area (Å²) in [6.07, 6.45) is -0.664. The van der Waals surface area contributed by atoms with Crippen LogP contribution in [0.2, 0.25) is 0 Å². The zero-order valence-corrected chi connectivity index (χ0v) is 6.47. The Morgan fingerprint density at radius 3 is 2.40 bits per heavy atom. The predicted molar refractivity (Wildman–Crippen MR) is 37.6 cm³/mol. The van der Waals surface area contributed by atoms with E-state index in [1.807, 2.05) is 4.90 Å². The van der Waals surface area contributed by atoms with Gasteiger partial charge < -0.3 is 5.11 Å². The lowest BCUT2D eigenvalue weighted by atomic mass is 10.1. The van der Waals surface area contributed by atoms with Crippen molar-refractivity contribution in [2.45, 2.75) is 25.6 Å². The van der Waals surface area contributed by atoms with Gasteiger partial charge in [0.2, 0.25) is 0 Å². The minimum Gasteiger partial charge on any atom is -0.389 e. The van der Waals surface area contributed by atoms with E-state index < -0.39 is 11.8 Å². The number of alkyl halides is 1. The standard InChI is InChI=1S/C7H14FNO/c1-7(2,10)5-9-3-6(8)4-9/h6,10H,3-5H2,1-2H3. The zero-order chi connectivity index (χ0) is 7.78. The highest BCUT2D eigenvalue weighted by Crippen LogP contribution is 2.14. The molecule has 1 fully saturated rings. The molecule has 0 unspecified atom stereocenters. The van der Waals surface area contributed by atoms with Crippen LogP contribution in [0.25, 0.3) is 0 Å². The van der Waals surface area contributed by atoms with Crippen LogP contribution in [0.4, 0.5) is 4.39 Å². The Kier molecular flexibility index (Phi) is 1.97. The average molecular weight is 147 g/mol. The van der Waals surface area contributed by atoms with Crippen LogP contribution in [0.15, 0.2) is 0 Å². The van der Waals surface area contributed by atoms with Crippen molar-refractivity contribution in [2.24, 2.45) is 0 Å². The zero-order valence-electron chi connectivity index (χ0n) is 6.47. The molecule has 2 nitrogen and oxygen atoms in total.